The normalized spacial score (nSPS) is 25.8. The molecule has 1 amide bonds. The summed E-state index contributed by atoms with van der Waals surface area (Å²) in [6, 6.07) is 4.18. The van der Waals surface area contributed by atoms with Gasteiger partial charge in [0, 0.05) is 17.1 Å². The Bertz CT molecular complexity index is 622. The molecule has 112 valence electrons. The highest BCUT2D eigenvalue weighted by atomic mass is 35.5. The van der Waals surface area contributed by atoms with Crippen LogP contribution in [0, 0.1) is 5.92 Å². The molecule has 0 unspecified atom stereocenters. The van der Waals surface area contributed by atoms with Gasteiger partial charge >= 0.3 is 6.18 Å². The Morgan fingerprint density at radius 3 is 2.67 bits per heavy atom. The van der Waals surface area contributed by atoms with E-state index in [0.717, 1.165) is 18.9 Å². The van der Waals surface area contributed by atoms with Gasteiger partial charge in [0.2, 0.25) is 5.91 Å². The monoisotopic (exact) mass is 315 g/mol. The molecule has 1 aliphatic carbocycles. The van der Waals surface area contributed by atoms with Crippen LogP contribution in [0.1, 0.15) is 24.8 Å². The zero-order chi connectivity index (χ0) is 15.3. The highest BCUT2D eigenvalue weighted by Gasteiger charge is 2.58. The summed E-state index contributed by atoms with van der Waals surface area (Å²) in [4.78, 5) is 11.8. The van der Waals surface area contributed by atoms with E-state index in [1.54, 1.807) is 6.08 Å². The van der Waals surface area contributed by atoms with Crippen LogP contribution in [0.2, 0.25) is 5.02 Å². The number of benzene rings is 1. The van der Waals surface area contributed by atoms with Crippen molar-refractivity contribution in [3.05, 3.63) is 40.9 Å². The number of allylic oxidation sites excluding steroid dienone is 2. The first-order valence-electron chi connectivity index (χ1n) is 6.68. The molecule has 0 radical (unpaired) electrons. The Morgan fingerprint density at radius 1 is 1.33 bits per heavy atom. The molecule has 1 N–H and O–H groups in total. The number of halogens is 4. The Morgan fingerprint density at radius 2 is 2.05 bits per heavy atom. The molecular formula is C15H13ClF3NO. The van der Waals surface area contributed by atoms with E-state index < -0.39 is 23.9 Å². The first kappa shape index (κ1) is 14.4. The molecule has 1 aliphatic heterocycles. The largest absolute Gasteiger partial charge is 0.402 e. The van der Waals surface area contributed by atoms with E-state index in [2.05, 4.69) is 5.32 Å². The number of carbonyl (C=O) groups excluding carboxylic acids is 1. The molecule has 1 heterocycles. The molecule has 1 aromatic carbocycles. The average Bonchev–Trinajstić information content (AvgIpc) is 3.19. The molecule has 6 heteroatoms. The summed E-state index contributed by atoms with van der Waals surface area (Å²) in [5, 5.41) is 2.71. The van der Waals surface area contributed by atoms with Crippen molar-refractivity contribution in [3.63, 3.8) is 0 Å². The zero-order valence-corrected chi connectivity index (χ0v) is 11.8. The lowest BCUT2D eigenvalue weighted by Gasteiger charge is -2.38. The van der Waals surface area contributed by atoms with Crippen LogP contribution in [0.25, 0.3) is 0 Å². The number of fused-ring (bicyclic) bond motifs is 1. The van der Waals surface area contributed by atoms with E-state index in [1.807, 2.05) is 0 Å². The summed E-state index contributed by atoms with van der Waals surface area (Å²) < 4.78 is 41.3. The number of carbonyl (C=O) groups is 1. The van der Waals surface area contributed by atoms with Crippen LogP contribution in [0.5, 0.6) is 0 Å². The van der Waals surface area contributed by atoms with Crippen LogP contribution >= 0.6 is 11.6 Å². The number of hydrogen-bond acceptors (Lipinski definition) is 1. The lowest BCUT2D eigenvalue weighted by atomic mass is 9.73. The van der Waals surface area contributed by atoms with E-state index in [4.69, 9.17) is 11.6 Å². The van der Waals surface area contributed by atoms with E-state index in [-0.39, 0.29) is 22.2 Å². The van der Waals surface area contributed by atoms with Crippen molar-refractivity contribution in [2.75, 3.05) is 5.32 Å². The number of hydrogen-bond donors (Lipinski definition) is 1. The molecule has 0 spiro atoms. The number of rotatable bonds is 2. The van der Waals surface area contributed by atoms with Gasteiger partial charge < -0.3 is 5.32 Å². The van der Waals surface area contributed by atoms with Crippen molar-refractivity contribution >= 4 is 23.2 Å². The maximum atomic E-state index is 13.8. The number of alkyl halides is 3. The van der Waals surface area contributed by atoms with Gasteiger partial charge in [-0.05, 0) is 42.5 Å². The minimum atomic E-state index is -4.56. The smallest absolute Gasteiger partial charge is 0.326 e. The van der Waals surface area contributed by atoms with Crippen LogP contribution in [-0.4, -0.2) is 12.1 Å². The lowest BCUT2D eigenvalue weighted by molar-refractivity contribution is -0.180. The number of anilines is 1. The summed E-state index contributed by atoms with van der Waals surface area (Å²) in [5.74, 6) is -0.445. The first-order valence-corrected chi connectivity index (χ1v) is 7.05. The average molecular weight is 316 g/mol. The first-order chi connectivity index (χ1) is 9.82. The maximum Gasteiger partial charge on any atom is 0.402 e. The molecule has 0 aromatic heterocycles. The predicted molar refractivity (Wildman–Crippen MR) is 74.3 cm³/mol. The molecule has 2 nitrogen and oxygen atoms in total. The quantitative estimate of drug-likeness (QED) is 0.803. The van der Waals surface area contributed by atoms with Gasteiger partial charge in [0.15, 0.2) is 0 Å². The zero-order valence-electron chi connectivity index (χ0n) is 11.0. The third kappa shape index (κ3) is 2.55. The van der Waals surface area contributed by atoms with Gasteiger partial charge in [0.1, 0.15) is 5.41 Å². The van der Waals surface area contributed by atoms with Gasteiger partial charge in [-0.2, -0.15) is 13.2 Å². The highest BCUT2D eigenvalue weighted by molar-refractivity contribution is 6.30. The summed E-state index contributed by atoms with van der Waals surface area (Å²) in [5.41, 5.74) is -2.11. The Hall–Kier alpha value is -1.49. The standard InChI is InChI=1S/C15H13ClF3NO/c16-10-3-4-12-11(7-10)14(15(17,18)19,8-13(21)20-12)6-5-9-1-2-9/h3-7,9H,1-2,8H2,(H,20,21)/b6-5+/t14-/m1/s1. The third-order valence-electron chi connectivity index (χ3n) is 3.96. The molecule has 2 aliphatic rings. The second-order valence-electron chi connectivity index (χ2n) is 5.58. The van der Waals surface area contributed by atoms with Crippen LogP contribution in [0.3, 0.4) is 0 Å². The maximum absolute atomic E-state index is 13.8. The van der Waals surface area contributed by atoms with Gasteiger partial charge in [0.25, 0.3) is 0 Å². The van der Waals surface area contributed by atoms with Gasteiger partial charge in [-0.3, -0.25) is 4.79 Å². The van der Waals surface area contributed by atoms with E-state index in [1.165, 1.54) is 18.2 Å². The van der Waals surface area contributed by atoms with Crippen LogP contribution in [-0.2, 0) is 10.2 Å². The fourth-order valence-corrected chi connectivity index (χ4v) is 2.79. The Kier molecular flexibility index (Phi) is 3.28. The van der Waals surface area contributed by atoms with Crippen molar-refractivity contribution in [2.24, 2.45) is 5.92 Å². The van der Waals surface area contributed by atoms with E-state index in [9.17, 15) is 18.0 Å². The van der Waals surface area contributed by atoms with Gasteiger partial charge in [-0.1, -0.05) is 23.8 Å². The second-order valence-corrected chi connectivity index (χ2v) is 6.02. The van der Waals surface area contributed by atoms with Gasteiger partial charge in [-0.15, -0.1) is 0 Å². The molecule has 21 heavy (non-hydrogen) atoms. The van der Waals surface area contributed by atoms with Gasteiger partial charge in [0.05, 0.1) is 0 Å². The summed E-state index contributed by atoms with van der Waals surface area (Å²) >= 11 is 5.86. The molecule has 1 fully saturated rings. The molecule has 1 atom stereocenters. The minimum Gasteiger partial charge on any atom is -0.326 e. The minimum absolute atomic E-state index is 0.0130. The van der Waals surface area contributed by atoms with Crippen LogP contribution < -0.4 is 5.32 Å². The van der Waals surface area contributed by atoms with Gasteiger partial charge in [-0.25, -0.2) is 0 Å². The molecule has 0 saturated heterocycles. The van der Waals surface area contributed by atoms with Crippen molar-refractivity contribution in [1.82, 2.24) is 0 Å². The highest BCUT2D eigenvalue weighted by Crippen LogP contribution is 2.51. The molecular weight excluding hydrogens is 303 g/mol. The van der Waals surface area contributed by atoms with Crippen LogP contribution in [0.15, 0.2) is 30.4 Å². The number of nitrogens with one attached hydrogen (secondary N) is 1. The van der Waals surface area contributed by atoms with Crippen molar-refractivity contribution in [1.29, 1.82) is 0 Å². The summed E-state index contributed by atoms with van der Waals surface area (Å²) in [6.07, 6.45) is -0.671. The van der Waals surface area contributed by atoms with Crippen molar-refractivity contribution < 1.29 is 18.0 Å². The Balaban J connectivity index is 2.18. The lowest BCUT2D eigenvalue weighted by Crippen LogP contribution is -2.47. The second kappa shape index (κ2) is 4.77. The van der Waals surface area contributed by atoms with Crippen molar-refractivity contribution in [3.8, 4) is 0 Å². The summed E-state index contributed by atoms with van der Waals surface area (Å²) in [6.45, 7) is 0. The topological polar surface area (TPSA) is 29.1 Å². The molecule has 3 rings (SSSR count). The van der Waals surface area contributed by atoms with E-state index >= 15 is 0 Å². The SMILES string of the molecule is O=C1C[C@@](/C=C/C2CC2)(C(F)(F)F)c2cc(Cl)ccc2N1. The Labute approximate surface area is 125 Å². The predicted octanol–water partition coefficient (Wildman–Crippen LogP) is 4.45. The van der Waals surface area contributed by atoms with E-state index in [0.29, 0.717) is 0 Å². The fraction of sp³-hybridized carbons (Fsp3) is 0.400. The van der Waals surface area contributed by atoms with Crippen molar-refractivity contribution in [2.45, 2.75) is 30.9 Å². The molecule has 0 bridgehead atoms. The summed E-state index contributed by atoms with van der Waals surface area (Å²) in [7, 11) is 0. The van der Waals surface area contributed by atoms with Crippen LogP contribution in [0.4, 0.5) is 18.9 Å². The number of amides is 1. The fourth-order valence-electron chi connectivity index (χ4n) is 2.62. The third-order valence-corrected chi connectivity index (χ3v) is 4.19. The molecule has 1 saturated carbocycles. The molecule has 1 aromatic rings.